The fourth-order valence-electron chi connectivity index (χ4n) is 3.81. The number of nitrogens with zero attached hydrogens (tertiary/aromatic N) is 2. The van der Waals surface area contributed by atoms with Gasteiger partial charge in [0, 0.05) is 51.0 Å². The second-order valence-corrected chi connectivity index (χ2v) is 7.96. The SMILES string of the molecule is CNC(=O)c1ccc(N2CCN(Cc3ccc(Cl)c4c3NC(=O)C(C)O4)CC2)cc1. The lowest BCUT2D eigenvalue weighted by molar-refractivity contribution is -0.122. The zero-order valence-electron chi connectivity index (χ0n) is 17.1. The first-order chi connectivity index (χ1) is 14.5. The van der Waals surface area contributed by atoms with E-state index in [-0.39, 0.29) is 11.8 Å². The minimum absolute atomic E-state index is 0.0804. The van der Waals surface area contributed by atoms with Gasteiger partial charge in [-0.25, -0.2) is 0 Å². The van der Waals surface area contributed by atoms with Crippen molar-refractivity contribution >= 4 is 34.8 Å². The molecule has 0 bridgehead atoms. The maximum absolute atomic E-state index is 12.1. The minimum Gasteiger partial charge on any atom is -0.477 e. The van der Waals surface area contributed by atoms with Gasteiger partial charge in [0.25, 0.3) is 11.8 Å². The number of rotatable bonds is 4. The first kappa shape index (κ1) is 20.5. The van der Waals surface area contributed by atoms with Crippen molar-refractivity contribution in [2.45, 2.75) is 19.6 Å². The summed E-state index contributed by atoms with van der Waals surface area (Å²) in [4.78, 5) is 28.4. The summed E-state index contributed by atoms with van der Waals surface area (Å²) in [5, 5.41) is 6.09. The first-order valence-electron chi connectivity index (χ1n) is 10.0. The lowest BCUT2D eigenvalue weighted by Crippen LogP contribution is -2.46. The van der Waals surface area contributed by atoms with Crippen molar-refractivity contribution in [1.82, 2.24) is 10.2 Å². The molecule has 1 saturated heterocycles. The van der Waals surface area contributed by atoms with Crippen molar-refractivity contribution in [3.63, 3.8) is 0 Å². The van der Waals surface area contributed by atoms with Crippen LogP contribution < -0.4 is 20.3 Å². The molecule has 0 spiro atoms. The number of fused-ring (bicyclic) bond motifs is 1. The van der Waals surface area contributed by atoms with Crippen LogP contribution in [-0.4, -0.2) is 56.0 Å². The molecule has 1 unspecified atom stereocenters. The van der Waals surface area contributed by atoms with Gasteiger partial charge in [-0.2, -0.15) is 0 Å². The smallest absolute Gasteiger partial charge is 0.265 e. The Balaban J connectivity index is 1.41. The minimum atomic E-state index is -0.552. The molecule has 2 heterocycles. The molecule has 0 aliphatic carbocycles. The van der Waals surface area contributed by atoms with Gasteiger partial charge in [0.2, 0.25) is 0 Å². The maximum Gasteiger partial charge on any atom is 0.265 e. The monoisotopic (exact) mass is 428 g/mol. The Morgan fingerprint density at radius 1 is 1.17 bits per heavy atom. The maximum atomic E-state index is 12.1. The fraction of sp³-hybridized carbons (Fsp3) is 0.364. The third-order valence-corrected chi connectivity index (χ3v) is 5.89. The molecule has 2 aromatic rings. The van der Waals surface area contributed by atoms with E-state index in [1.807, 2.05) is 36.4 Å². The van der Waals surface area contributed by atoms with Crippen molar-refractivity contribution in [2.75, 3.05) is 43.4 Å². The highest BCUT2D eigenvalue weighted by Crippen LogP contribution is 2.40. The predicted molar refractivity (Wildman–Crippen MR) is 117 cm³/mol. The Bertz CT molecular complexity index is 956. The van der Waals surface area contributed by atoms with Gasteiger partial charge in [-0.1, -0.05) is 17.7 Å². The van der Waals surface area contributed by atoms with E-state index in [0.29, 0.717) is 28.6 Å². The third-order valence-electron chi connectivity index (χ3n) is 5.60. The molecule has 1 atom stereocenters. The highest BCUT2D eigenvalue weighted by Gasteiger charge is 2.28. The lowest BCUT2D eigenvalue weighted by atomic mass is 10.1. The molecule has 2 N–H and O–H groups in total. The summed E-state index contributed by atoms with van der Waals surface area (Å²) < 4.78 is 5.71. The quantitative estimate of drug-likeness (QED) is 0.783. The Morgan fingerprint density at radius 3 is 2.53 bits per heavy atom. The van der Waals surface area contributed by atoms with Crippen LogP contribution in [0.25, 0.3) is 0 Å². The molecule has 0 radical (unpaired) electrons. The molecule has 7 nitrogen and oxygen atoms in total. The molecule has 4 rings (SSSR count). The van der Waals surface area contributed by atoms with Crippen molar-refractivity contribution in [3.8, 4) is 5.75 Å². The van der Waals surface area contributed by atoms with Gasteiger partial charge >= 0.3 is 0 Å². The summed E-state index contributed by atoms with van der Waals surface area (Å²) in [6.45, 7) is 5.96. The van der Waals surface area contributed by atoms with Gasteiger partial charge in [-0.3, -0.25) is 14.5 Å². The molecule has 0 saturated carbocycles. The standard InChI is InChI=1S/C22H25ClN4O3/c1-14-21(28)25-19-16(5-8-18(23)20(19)30-14)13-26-9-11-27(12-10-26)17-6-3-15(4-7-17)22(29)24-2/h3-8,14H,9-13H2,1-2H3,(H,24,29)(H,25,28). The van der Waals surface area contributed by atoms with Gasteiger partial charge < -0.3 is 20.3 Å². The number of hydrogen-bond donors (Lipinski definition) is 2. The number of piperazine rings is 1. The summed E-state index contributed by atoms with van der Waals surface area (Å²) in [7, 11) is 1.63. The van der Waals surface area contributed by atoms with E-state index < -0.39 is 6.10 Å². The van der Waals surface area contributed by atoms with E-state index in [0.717, 1.165) is 37.4 Å². The fourth-order valence-corrected chi connectivity index (χ4v) is 4.01. The molecule has 30 heavy (non-hydrogen) atoms. The number of carbonyl (C=O) groups excluding carboxylic acids is 2. The van der Waals surface area contributed by atoms with Crippen molar-refractivity contribution in [2.24, 2.45) is 0 Å². The summed E-state index contributed by atoms with van der Waals surface area (Å²) in [5.74, 6) is 0.315. The average Bonchev–Trinajstić information content (AvgIpc) is 2.77. The topological polar surface area (TPSA) is 73.9 Å². The number of amides is 2. The Labute approximate surface area is 180 Å². The van der Waals surface area contributed by atoms with E-state index in [2.05, 4.69) is 20.4 Å². The van der Waals surface area contributed by atoms with Crippen LogP contribution in [-0.2, 0) is 11.3 Å². The molecule has 2 aliphatic rings. The van der Waals surface area contributed by atoms with Crippen LogP contribution in [0.1, 0.15) is 22.8 Å². The molecule has 2 aliphatic heterocycles. The molecule has 1 fully saturated rings. The lowest BCUT2D eigenvalue weighted by Gasteiger charge is -2.37. The molecular weight excluding hydrogens is 404 g/mol. The molecule has 0 aromatic heterocycles. The van der Waals surface area contributed by atoms with Gasteiger partial charge in [-0.15, -0.1) is 0 Å². The van der Waals surface area contributed by atoms with Crippen LogP contribution >= 0.6 is 11.6 Å². The highest BCUT2D eigenvalue weighted by atomic mass is 35.5. The number of hydrogen-bond acceptors (Lipinski definition) is 5. The van der Waals surface area contributed by atoms with Crippen LogP contribution in [0.2, 0.25) is 5.02 Å². The molecule has 2 aromatic carbocycles. The summed E-state index contributed by atoms with van der Waals surface area (Å²) >= 11 is 6.28. The second kappa shape index (κ2) is 8.53. The third kappa shape index (κ3) is 4.08. The Morgan fingerprint density at radius 2 is 1.87 bits per heavy atom. The van der Waals surface area contributed by atoms with Gasteiger partial charge in [-0.05, 0) is 42.8 Å². The van der Waals surface area contributed by atoms with Gasteiger partial charge in [0.05, 0.1) is 10.7 Å². The van der Waals surface area contributed by atoms with Crippen LogP contribution in [0.5, 0.6) is 5.75 Å². The van der Waals surface area contributed by atoms with E-state index in [9.17, 15) is 9.59 Å². The van der Waals surface area contributed by atoms with E-state index in [1.165, 1.54) is 0 Å². The zero-order chi connectivity index (χ0) is 21.3. The van der Waals surface area contributed by atoms with Crippen LogP contribution in [0.15, 0.2) is 36.4 Å². The molecule has 158 valence electrons. The number of benzene rings is 2. The van der Waals surface area contributed by atoms with Gasteiger partial charge in [0.15, 0.2) is 11.9 Å². The van der Waals surface area contributed by atoms with Crippen LogP contribution in [0.3, 0.4) is 0 Å². The summed E-state index contributed by atoms with van der Waals surface area (Å²) in [6.07, 6.45) is -0.552. The number of carbonyl (C=O) groups is 2. The van der Waals surface area contributed by atoms with Crippen molar-refractivity contribution in [1.29, 1.82) is 0 Å². The number of ether oxygens (including phenoxy) is 1. The van der Waals surface area contributed by atoms with Crippen molar-refractivity contribution < 1.29 is 14.3 Å². The van der Waals surface area contributed by atoms with Crippen LogP contribution in [0, 0.1) is 0 Å². The number of halogens is 1. The van der Waals surface area contributed by atoms with E-state index in [4.69, 9.17) is 16.3 Å². The number of nitrogens with one attached hydrogen (secondary N) is 2. The summed E-state index contributed by atoms with van der Waals surface area (Å²) in [6, 6.07) is 11.5. The number of anilines is 2. The summed E-state index contributed by atoms with van der Waals surface area (Å²) in [5.41, 5.74) is 3.45. The van der Waals surface area contributed by atoms with Gasteiger partial charge in [0.1, 0.15) is 0 Å². The van der Waals surface area contributed by atoms with E-state index >= 15 is 0 Å². The first-order valence-corrected chi connectivity index (χ1v) is 10.4. The molecule has 2 amide bonds. The molecular formula is C22H25ClN4O3. The predicted octanol–water partition coefficient (Wildman–Crippen LogP) is 2.74. The molecule has 8 heteroatoms. The highest BCUT2D eigenvalue weighted by molar-refractivity contribution is 6.33. The van der Waals surface area contributed by atoms with Crippen molar-refractivity contribution in [3.05, 3.63) is 52.5 Å². The Hall–Kier alpha value is -2.77. The average molecular weight is 429 g/mol. The van der Waals surface area contributed by atoms with E-state index in [1.54, 1.807) is 14.0 Å². The largest absolute Gasteiger partial charge is 0.477 e. The zero-order valence-corrected chi connectivity index (χ0v) is 17.8. The second-order valence-electron chi connectivity index (χ2n) is 7.55. The normalized spacial score (nSPS) is 19.0. The van der Waals surface area contributed by atoms with Crippen LogP contribution in [0.4, 0.5) is 11.4 Å². The Kier molecular flexibility index (Phi) is 5.83.